The molecule has 0 atom stereocenters. The van der Waals surface area contributed by atoms with E-state index in [1.165, 1.54) is 18.2 Å². The Morgan fingerprint density at radius 1 is 1.44 bits per heavy atom. The van der Waals surface area contributed by atoms with Crippen LogP contribution in [-0.2, 0) is 0 Å². The third kappa shape index (κ3) is 3.80. The van der Waals surface area contributed by atoms with Crippen LogP contribution in [0.5, 0.6) is 0 Å². The van der Waals surface area contributed by atoms with Crippen LogP contribution in [0.2, 0.25) is 0 Å². The molecule has 0 aliphatic heterocycles. The quantitative estimate of drug-likeness (QED) is 0.894. The van der Waals surface area contributed by atoms with E-state index in [-0.39, 0.29) is 17.1 Å². The fourth-order valence-corrected chi connectivity index (χ4v) is 1.81. The summed E-state index contributed by atoms with van der Waals surface area (Å²) in [6.07, 6.45) is 0. The predicted octanol–water partition coefficient (Wildman–Crippen LogP) is 4.00. The minimum atomic E-state index is -0.360. The van der Waals surface area contributed by atoms with Crippen LogP contribution in [0.3, 0.4) is 0 Å². The van der Waals surface area contributed by atoms with Crippen molar-refractivity contribution in [3.05, 3.63) is 34.1 Å². The summed E-state index contributed by atoms with van der Waals surface area (Å²) in [6, 6.07) is 4.06. The van der Waals surface area contributed by atoms with Gasteiger partial charge in [0.05, 0.1) is 5.56 Å². The van der Waals surface area contributed by atoms with Crippen molar-refractivity contribution < 1.29 is 9.18 Å². The zero-order valence-corrected chi connectivity index (χ0v) is 12.8. The first-order valence-electron chi connectivity index (χ1n) is 5.97. The normalized spacial score (nSPS) is 11.7. The highest BCUT2D eigenvalue weighted by atomic mass is 79.9. The molecule has 0 aliphatic carbocycles. The minimum Gasteiger partial charge on any atom is -0.351 e. The third-order valence-corrected chi connectivity index (χ3v) is 4.10. The van der Waals surface area contributed by atoms with Crippen LogP contribution < -0.4 is 5.32 Å². The Labute approximate surface area is 116 Å². The molecule has 0 fully saturated rings. The van der Waals surface area contributed by atoms with Crippen LogP contribution in [-0.4, -0.2) is 12.5 Å². The van der Waals surface area contributed by atoms with Gasteiger partial charge in [-0.2, -0.15) is 0 Å². The Morgan fingerprint density at radius 3 is 2.56 bits per heavy atom. The summed E-state index contributed by atoms with van der Waals surface area (Å²) in [7, 11) is 0. The topological polar surface area (TPSA) is 29.1 Å². The first-order valence-corrected chi connectivity index (χ1v) is 6.76. The summed E-state index contributed by atoms with van der Waals surface area (Å²) in [4.78, 5) is 12.0. The van der Waals surface area contributed by atoms with Crippen LogP contribution in [0.25, 0.3) is 0 Å². The smallest absolute Gasteiger partial charge is 0.252 e. The van der Waals surface area contributed by atoms with Crippen molar-refractivity contribution in [2.45, 2.75) is 27.7 Å². The molecule has 0 aromatic heterocycles. The molecular formula is C14H19BrFNO. The molecule has 1 N–H and O–H groups in total. The van der Waals surface area contributed by atoms with Gasteiger partial charge in [0.1, 0.15) is 5.82 Å². The van der Waals surface area contributed by atoms with Gasteiger partial charge < -0.3 is 5.32 Å². The maximum absolute atomic E-state index is 12.9. The van der Waals surface area contributed by atoms with Gasteiger partial charge in [-0.05, 0) is 45.5 Å². The molecule has 0 unspecified atom stereocenters. The number of amides is 1. The monoisotopic (exact) mass is 315 g/mol. The van der Waals surface area contributed by atoms with E-state index in [1.807, 2.05) is 0 Å². The average Bonchev–Trinajstić information content (AvgIpc) is 2.25. The van der Waals surface area contributed by atoms with Gasteiger partial charge in [0.2, 0.25) is 0 Å². The van der Waals surface area contributed by atoms with Crippen molar-refractivity contribution in [3.8, 4) is 0 Å². The fraction of sp³-hybridized carbons (Fsp3) is 0.500. The predicted molar refractivity (Wildman–Crippen MR) is 75.1 cm³/mol. The van der Waals surface area contributed by atoms with Gasteiger partial charge in [0, 0.05) is 11.0 Å². The van der Waals surface area contributed by atoms with E-state index in [0.29, 0.717) is 22.5 Å². The van der Waals surface area contributed by atoms with Gasteiger partial charge in [0.25, 0.3) is 5.91 Å². The second kappa shape index (κ2) is 5.83. The minimum absolute atomic E-state index is 0.0299. The lowest BCUT2D eigenvalue weighted by Crippen LogP contribution is -2.37. The first-order chi connectivity index (χ1) is 8.24. The maximum atomic E-state index is 12.9. The van der Waals surface area contributed by atoms with Crippen molar-refractivity contribution in [1.82, 2.24) is 5.32 Å². The highest BCUT2D eigenvalue weighted by Crippen LogP contribution is 2.25. The third-order valence-electron chi connectivity index (χ3n) is 3.44. The molecule has 1 aromatic carbocycles. The second-order valence-electron chi connectivity index (χ2n) is 5.45. The van der Waals surface area contributed by atoms with Crippen LogP contribution >= 0.6 is 15.9 Å². The molecule has 0 spiro atoms. The molecule has 0 aliphatic rings. The Morgan fingerprint density at radius 2 is 2.06 bits per heavy atom. The van der Waals surface area contributed by atoms with E-state index >= 15 is 0 Å². The zero-order chi connectivity index (χ0) is 13.9. The fourth-order valence-electron chi connectivity index (χ4n) is 1.28. The summed E-state index contributed by atoms with van der Waals surface area (Å²) >= 11 is 3.20. The number of benzene rings is 1. The van der Waals surface area contributed by atoms with Gasteiger partial charge >= 0.3 is 0 Å². The number of rotatable bonds is 4. The van der Waals surface area contributed by atoms with Crippen molar-refractivity contribution in [2.75, 3.05) is 6.54 Å². The Balaban J connectivity index is 2.72. The molecule has 0 bridgehead atoms. The van der Waals surface area contributed by atoms with Gasteiger partial charge in [0.15, 0.2) is 0 Å². The molecule has 1 amide bonds. The Bertz CT molecular complexity index is 443. The van der Waals surface area contributed by atoms with E-state index < -0.39 is 0 Å². The van der Waals surface area contributed by atoms with Crippen LogP contribution in [0, 0.1) is 17.2 Å². The molecule has 2 nitrogen and oxygen atoms in total. The second-order valence-corrected chi connectivity index (χ2v) is 6.30. The molecular weight excluding hydrogens is 297 g/mol. The molecule has 4 heteroatoms. The Kier molecular flexibility index (Phi) is 4.91. The van der Waals surface area contributed by atoms with Gasteiger partial charge in [-0.1, -0.05) is 27.7 Å². The van der Waals surface area contributed by atoms with Gasteiger partial charge in [-0.3, -0.25) is 4.79 Å². The summed E-state index contributed by atoms with van der Waals surface area (Å²) in [5, 5.41) is 2.89. The summed E-state index contributed by atoms with van der Waals surface area (Å²) < 4.78 is 13.4. The van der Waals surface area contributed by atoms with E-state index in [2.05, 4.69) is 48.9 Å². The van der Waals surface area contributed by atoms with Crippen molar-refractivity contribution in [2.24, 2.45) is 11.3 Å². The summed E-state index contributed by atoms with van der Waals surface area (Å²) in [5.41, 5.74) is 0.485. The molecule has 18 heavy (non-hydrogen) atoms. The Hall–Kier alpha value is -0.900. The van der Waals surface area contributed by atoms with Crippen LogP contribution in [0.15, 0.2) is 22.7 Å². The van der Waals surface area contributed by atoms with E-state index in [1.54, 1.807) is 0 Å². The highest BCUT2D eigenvalue weighted by Gasteiger charge is 2.23. The zero-order valence-electron chi connectivity index (χ0n) is 11.2. The SMILES string of the molecule is CC(C)C(C)(C)CNC(=O)c1ccc(F)cc1Br. The number of carbonyl (C=O) groups excluding carboxylic acids is 1. The number of nitrogens with one attached hydrogen (secondary N) is 1. The molecule has 1 aromatic rings. The number of halogens is 2. The van der Waals surface area contributed by atoms with Gasteiger partial charge in [-0.15, -0.1) is 0 Å². The molecule has 0 heterocycles. The average molecular weight is 316 g/mol. The lowest BCUT2D eigenvalue weighted by Gasteiger charge is -2.29. The molecule has 1 rings (SSSR count). The van der Waals surface area contributed by atoms with Crippen LogP contribution in [0.1, 0.15) is 38.1 Å². The van der Waals surface area contributed by atoms with E-state index in [4.69, 9.17) is 0 Å². The van der Waals surface area contributed by atoms with Crippen LogP contribution in [0.4, 0.5) is 4.39 Å². The lowest BCUT2D eigenvalue weighted by molar-refractivity contribution is 0.0924. The van der Waals surface area contributed by atoms with E-state index in [9.17, 15) is 9.18 Å². The number of carbonyl (C=O) groups is 1. The van der Waals surface area contributed by atoms with Crippen molar-refractivity contribution in [1.29, 1.82) is 0 Å². The first kappa shape index (κ1) is 15.2. The maximum Gasteiger partial charge on any atom is 0.252 e. The standard InChI is InChI=1S/C14H19BrFNO/c1-9(2)14(3,4)8-17-13(18)11-6-5-10(16)7-12(11)15/h5-7,9H,8H2,1-4H3,(H,17,18). The number of hydrogen-bond acceptors (Lipinski definition) is 1. The van der Waals surface area contributed by atoms with Gasteiger partial charge in [-0.25, -0.2) is 4.39 Å². The largest absolute Gasteiger partial charge is 0.351 e. The summed E-state index contributed by atoms with van der Waals surface area (Å²) in [5.74, 6) is -0.0778. The summed E-state index contributed by atoms with van der Waals surface area (Å²) in [6.45, 7) is 9.06. The molecule has 0 saturated heterocycles. The lowest BCUT2D eigenvalue weighted by atomic mass is 9.81. The molecule has 0 radical (unpaired) electrons. The highest BCUT2D eigenvalue weighted by molar-refractivity contribution is 9.10. The molecule has 100 valence electrons. The van der Waals surface area contributed by atoms with E-state index in [0.717, 1.165) is 0 Å². The molecule has 0 saturated carbocycles. The number of hydrogen-bond donors (Lipinski definition) is 1. The van der Waals surface area contributed by atoms with Crippen molar-refractivity contribution in [3.63, 3.8) is 0 Å². The van der Waals surface area contributed by atoms with Crippen molar-refractivity contribution >= 4 is 21.8 Å².